The lowest BCUT2D eigenvalue weighted by Gasteiger charge is -2.11. The Kier molecular flexibility index (Phi) is 5.38. The van der Waals surface area contributed by atoms with Crippen LogP contribution in [0.25, 0.3) is 0 Å². The quantitative estimate of drug-likeness (QED) is 0.588. The Morgan fingerprint density at radius 1 is 1.50 bits per heavy atom. The first-order valence-corrected chi connectivity index (χ1v) is 5.34. The van der Waals surface area contributed by atoms with Gasteiger partial charge in [0.1, 0.15) is 6.61 Å². The Hall–Kier alpha value is -1.53. The van der Waals surface area contributed by atoms with E-state index in [2.05, 4.69) is 18.2 Å². The first kappa shape index (κ1) is 12.5. The van der Waals surface area contributed by atoms with E-state index in [1.807, 2.05) is 6.07 Å². The molecule has 1 rings (SSSR count). The van der Waals surface area contributed by atoms with Crippen LogP contribution in [0.2, 0.25) is 0 Å². The average molecular weight is 221 g/mol. The van der Waals surface area contributed by atoms with E-state index in [0.29, 0.717) is 6.54 Å². The zero-order valence-electron chi connectivity index (χ0n) is 9.42. The standard InChI is InChI=1S/C13H16FNO/c1-3-8-15-10-11-6-5-7-12(14)13(11)16-9-4-2/h2,5-7,15H,3,8-10H2,1H3. The zero-order chi connectivity index (χ0) is 11.8. The molecular formula is C13H16FNO. The van der Waals surface area contributed by atoms with Crippen LogP contribution in [0.3, 0.4) is 0 Å². The third-order valence-corrected chi connectivity index (χ3v) is 2.09. The van der Waals surface area contributed by atoms with E-state index >= 15 is 0 Å². The van der Waals surface area contributed by atoms with Crippen molar-refractivity contribution in [2.24, 2.45) is 0 Å². The minimum atomic E-state index is -0.369. The van der Waals surface area contributed by atoms with Crippen molar-refractivity contribution in [3.05, 3.63) is 29.6 Å². The van der Waals surface area contributed by atoms with E-state index in [0.717, 1.165) is 18.5 Å². The molecule has 1 aromatic rings. The van der Waals surface area contributed by atoms with E-state index in [1.165, 1.54) is 6.07 Å². The van der Waals surface area contributed by atoms with Crippen LogP contribution < -0.4 is 10.1 Å². The van der Waals surface area contributed by atoms with E-state index in [1.54, 1.807) is 6.07 Å². The van der Waals surface area contributed by atoms with E-state index in [9.17, 15) is 4.39 Å². The van der Waals surface area contributed by atoms with Gasteiger partial charge in [-0.25, -0.2) is 4.39 Å². The molecule has 0 aromatic heterocycles. The largest absolute Gasteiger partial charge is 0.478 e. The Morgan fingerprint density at radius 2 is 2.31 bits per heavy atom. The van der Waals surface area contributed by atoms with Gasteiger partial charge >= 0.3 is 0 Å². The maximum absolute atomic E-state index is 13.5. The summed E-state index contributed by atoms with van der Waals surface area (Å²) >= 11 is 0. The maximum atomic E-state index is 13.5. The van der Waals surface area contributed by atoms with Crippen LogP contribution in [0.1, 0.15) is 18.9 Å². The number of terminal acetylenes is 1. The highest BCUT2D eigenvalue weighted by molar-refractivity contribution is 5.35. The summed E-state index contributed by atoms with van der Waals surface area (Å²) < 4.78 is 18.7. The normalized spacial score (nSPS) is 9.81. The van der Waals surface area contributed by atoms with Gasteiger partial charge in [0.05, 0.1) is 0 Å². The van der Waals surface area contributed by atoms with Crippen LogP contribution in [0.5, 0.6) is 5.75 Å². The highest BCUT2D eigenvalue weighted by Crippen LogP contribution is 2.22. The molecule has 1 aromatic carbocycles. The molecule has 0 bridgehead atoms. The van der Waals surface area contributed by atoms with Gasteiger partial charge in [0.15, 0.2) is 11.6 Å². The molecule has 0 fully saturated rings. The summed E-state index contributed by atoms with van der Waals surface area (Å²) in [6.45, 7) is 3.65. The molecule has 0 amide bonds. The molecule has 0 saturated heterocycles. The highest BCUT2D eigenvalue weighted by atomic mass is 19.1. The zero-order valence-corrected chi connectivity index (χ0v) is 9.42. The van der Waals surface area contributed by atoms with Gasteiger partial charge < -0.3 is 10.1 Å². The van der Waals surface area contributed by atoms with Gasteiger partial charge in [0.2, 0.25) is 0 Å². The molecule has 0 heterocycles. The topological polar surface area (TPSA) is 21.3 Å². The molecule has 0 atom stereocenters. The van der Waals surface area contributed by atoms with Crippen molar-refractivity contribution >= 4 is 0 Å². The van der Waals surface area contributed by atoms with Gasteiger partial charge in [-0.3, -0.25) is 0 Å². The smallest absolute Gasteiger partial charge is 0.165 e. The molecule has 1 N–H and O–H groups in total. The minimum Gasteiger partial charge on any atom is -0.478 e. The summed E-state index contributed by atoms with van der Waals surface area (Å²) in [7, 11) is 0. The van der Waals surface area contributed by atoms with Crippen molar-refractivity contribution in [3.63, 3.8) is 0 Å². The monoisotopic (exact) mass is 221 g/mol. The molecule has 0 spiro atoms. The fourth-order valence-corrected chi connectivity index (χ4v) is 1.37. The van der Waals surface area contributed by atoms with Crippen molar-refractivity contribution < 1.29 is 9.13 Å². The number of benzene rings is 1. The molecule has 0 saturated carbocycles. The SMILES string of the molecule is C#CCOc1c(F)cccc1CNCCC. The Bertz CT molecular complexity index is 371. The summed E-state index contributed by atoms with van der Waals surface area (Å²) in [6.07, 6.45) is 6.12. The first-order chi connectivity index (χ1) is 7.79. The number of hydrogen-bond acceptors (Lipinski definition) is 2. The van der Waals surface area contributed by atoms with Crippen molar-refractivity contribution in [1.29, 1.82) is 0 Å². The lowest BCUT2D eigenvalue weighted by atomic mass is 10.2. The second kappa shape index (κ2) is 6.86. The minimum absolute atomic E-state index is 0.0850. The Balaban J connectivity index is 2.73. The number of halogens is 1. The summed E-state index contributed by atoms with van der Waals surface area (Å²) in [6, 6.07) is 4.87. The van der Waals surface area contributed by atoms with Gasteiger partial charge in [0, 0.05) is 12.1 Å². The van der Waals surface area contributed by atoms with Crippen LogP contribution in [0, 0.1) is 18.2 Å². The van der Waals surface area contributed by atoms with Crippen molar-refractivity contribution in [2.75, 3.05) is 13.2 Å². The Labute approximate surface area is 95.8 Å². The molecule has 0 unspecified atom stereocenters. The van der Waals surface area contributed by atoms with E-state index in [4.69, 9.17) is 11.2 Å². The lowest BCUT2D eigenvalue weighted by molar-refractivity contribution is 0.342. The van der Waals surface area contributed by atoms with Crippen LogP contribution in [0.15, 0.2) is 18.2 Å². The molecular weight excluding hydrogens is 205 g/mol. The predicted octanol–water partition coefficient (Wildman–Crippen LogP) is 2.34. The molecule has 2 nitrogen and oxygen atoms in total. The molecule has 0 aliphatic rings. The molecule has 16 heavy (non-hydrogen) atoms. The number of nitrogens with one attached hydrogen (secondary N) is 1. The summed E-state index contributed by atoms with van der Waals surface area (Å²) in [5, 5.41) is 3.20. The van der Waals surface area contributed by atoms with Crippen LogP contribution in [0.4, 0.5) is 4.39 Å². The van der Waals surface area contributed by atoms with Gasteiger partial charge in [-0.15, -0.1) is 6.42 Å². The predicted molar refractivity (Wildman–Crippen MR) is 62.7 cm³/mol. The summed E-state index contributed by atoms with van der Waals surface area (Å²) in [5.74, 6) is 2.21. The number of rotatable bonds is 6. The third-order valence-electron chi connectivity index (χ3n) is 2.09. The van der Waals surface area contributed by atoms with E-state index < -0.39 is 0 Å². The second-order valence-corrected chi connectivity index (χ2v) is 3.40. The van der Waals surface area contributed by atoms with Crippen LogP contribution in [-0.4, -0.2) is 13.2 Å². The van der Waals surface area contributed by atoms with E-state index in [-0.39, 0.29) is 18.2 Å². The third kappa shape index (κ3) is 3.56. The maximum Gasteiger partial charge on any atom is 0.165 e. The molecule has 0 aliphatic carbocycles. The molecule has 0 radical (unpaired) electrons. The van der Waals surface area contributed by atoms with Gasteiger partial charge in [-0.1, -0.05) is 25.0 Å². The first-order valence-electron chi connectivity index (χ1n) is 5.34. The fourth-order valence-electron chi connectivity index (χ4n) is 1.37. The highest BCUT2D eigenvalue weighted by Gasteiger charge is 2.08. The second-order valence-electron chi connectivity index (χ2n) is 3.40. The number of ether oxygens (including phenoxy) is 1. The van der Waals surface area contributed by atoms with Gasteiger partial charge in [-0.05, 0) is 19.0 Å². The average Bonchev–Trinajstić information content (AvgIpc) is 2.28. The van der Waals surface area contributed by atoms with Crippen molar-refractivity contribution in [2.45, 2.75) is 19.9 Å². The fraction of sp³-hybridized carbons (Fsp3) is 0.385. The number of hydrogen-bond donors (Lipinski definition) is 1. The summed E-state index contributed by atoms with van der Waals surface area (Å²) in [4.78, 5) is 0. The van der Waals surface area contributed by atoms with Gasteiger partial charge in [-0.2, -0.15) is 0 Å². The van der Waals surface area contributed by atoms with Crippen molar-refractivity contribution in [1.82, 2.24) is 5.32 Å². The van der Waals surface area contributed by atoms with Gasteiger partial charge in [0.25, 0.3) is 0 Å². The number of para-hydroxylation sites is 1. The Morgan fingerprint density at radius 3 is 3.00 bits per heavy atom. The molecule has 3 heteroatoms. The summed E-state index contributed by atoms with van der Waals surface area (Å²) in [5.41, 5.74) is 0.795. The van der Waals surface area contributed by atoms with Crippen LogP contribution >= 0.6 is 0 Å². The molecule has 0 aliphatic heterocycles. The molecule has 86 valence electrons. The van der Waals surface area contributed by atoms with Crippen molar-refractivity contribution in [3.8, 4) is 18.1 Å². The van der Waals surface area contributed by atoms with Crippen LogP contribution in [-0.2, 0) is 6.54 Å². The lowest BCUT2D eigenvalue weighted by Crippen LogP contribution is -2.15.